The average molecular weight is 502 g/mol. The number of tetrazole rings is 1. The van der Waals surface area contributed by atoms with E-state index >= 15 is 0 Å². The molecule has 0 aliphatic heterocycles. The summed E-state index contributed by atoms with van der Waals surface area (Å²) in [4.78, 5) is 18.3. The van der Waals surface area contributed by atoms with Crippen LogP contribution in [0.25, 0.3) is 22.5 Å². The number of hydrogen-bond acceptors (Lipinski definition) is 6. The first-order chi connectivity index (χ1) is 18.2. The molecule has 3 heterocycles. The molecule has 1 aliphatic carbocycles. The smallest absolute Gasteiger partial charge is 0.329 e. The van der Waals surface area contributed by atoms with Crippen LogP contribution in [0.4, 0.5) is 0 Å². The van der Waals surface area contributed by atoms with Crippen LogP contribution in [0.1, 0.15) is 75.7 Å². The summed E-state index contributed by atoms with van der Waals surface area (Å²) in [6, 6.07) is 11.8. The van der Waals surface area contributed by atoms with Crippen LogP contribution in [-0.4, -0.2) is 46.0 Å². The summed E-state index contributed by atoms with van der Waals surface area (Å²) in [5.41, 5.74) is 4.60. The van der Waals surface area contributed by atoms with Crippen LogP contribution in [0.15, 0.2) is 53.6 Å². The Morgan fingerprint density at radius 2 is 1.86 bits per heavy atom. The highest BCUT2D eigenvalue weighted by Gasteiger charge is 2.26. The van der Waals surface area contributed by atoms with Gasteiger partial charge in [0.15, 0.2) is 5.82 Å². The second-order valence-corrected chi connectivity index (χ2v) is 9.96. The Kier molecular flexibility index (Phi) is 7.89. The molecular weight excluding hydrogens is 466 g/mol. The number of imidazole rings is 1. The highest BCUT2D eigenvalue weighted by atomic mass is 16.3. The van der Waals surface area contributed by atoms with Crippen molar-refractivity contribution in [2.75, 3.05) is 0 Å². The maximum absolute atomic E-state index is 13.6. The number of aliphatic hydroxyl groups excluding tert-OH is 1. The Labute approximate surface area is 216 Å². The Balaban J connectivity index is 1.43. The van der Waals surface area contributed by atoms with Crippen LogP contribution in [0, 0.1) is 0 Å². The number of aromatic nitrogens is 7. The number of nitrogens with one attached hydrogen (secondary N) is 1. The van der Waals surface area contributed by atoms with Crippen LogP contribution in [0.5, 0.6) is 0 Å². The van der Waals surface area contributed by atoms with E-state index in [2.05, 4.69) is 27.5 Å². The zero-order valence-corrected chi connectivity index (χ0v) is 21.4. The fourth-order valence-electron chi connectivity index (χ4n) is 5.34. The zero-order valence-electron chi connectivity index (χ0n) is 21.4. The van der Waals surface area contributed by atoms with Crippen molar-refractivity contribution < 1.29 is 5.11 Å². The van der Waals surface area contributed by atoms with E-state index in [4.69, 9.17) is 4.98 Å². The largest absolute Gasteiger partial charge is 0.391 e. The molecule has 0 amide bonds. The van der Waals surface area contributed by atoms with Crippen molar-refractivity contribution in [2.24, 2.45) is 0 Å². The van der Waals surface area contributed by atoms with Gasteiger partial charge in [0.05, 0.1) is 24.4 Å². The van der Waals surface area contributed by atoms with Crippen LogP contribution in [0.2, 0.25) is 0 Å². The second-order valence-electron chi connectivity index (χ2n) is 9.96. The van der Waals surface area contributed by atoms with E-state index in [0.717, 1.165) is 85.9 Å². The number of nitrogens with zero attached hydrogens (tertiary/aromatic N) is 6. The van der Waals surface area contributed by atoms with Gasteiger partial charge in [-0.3, -0.25) is 14.1 Å². The minimum atomic E-state index is -0.482. The lowest BCUT2D eigenvalue weighted by Crippen LogP contribution is -2.34. The molecule has 5 rings (SSSR count). The van der Waals surface area contributed by atoms with E-state index in [1.807, 2.05) is 53.4 Å². The molecule has 9 nitrogen and oxygen atoms in total. The van der Waals surface area contributed by atoms with E-state index in [-0.39, 0.29) is 11.7 Å². The van der Waals surface area contributed by atoms with Crippen molar-refractivity contribution in [3.8, 4) is 22.5 Å². The average Bonchev–Trinajstić information content (AvgIpc) is 3.55. The highest BCUT2D eigenvalue weighted by molar-refractivity contribution is 5.79. The molecule has 194 valence electrons. The lowest BCUT2D eigenvalue weighted by molar-refractivity contribution is 0.0868. The fourth-order valence-corrected chi connectivity index (χ4v) is 5.34. The van der Waals surface area contributed by atoms with E-state index in [1.165, 1.54) is 0 Å². The van der Waals surface area contributed by atoms with Gasteiger partial charge in [-0.15, -0.1) is 5.10 Å². The highest BCUT2D eigenvalue weighted by Crippen LogP contribution is 2.30. The van der Waals surface area contributed by atoms with E-state index in [0.29, 0.717) is 12.4 Å². The molecule has 2 atom stereocenters. The molecule has 0 spiro atoms. The molecular formula is C28H35N7O2. The number of unbranched alkanes of at least 4 members (excludes halogenated alkanes) is 1. The molecule has 2 unspecified atom stereocenters. The van der Waals surface area contributed by atoms with Crippen molar-refractivity contribution in [1.82, 2.24) is 34.7 Å². The number of aromatic amines is 1. The predicted molar refractivity (Wildman–Crippen MR) is 142 cm³/mol. The van der Waals surface area contributed by atoms with Gasteiger partial charge < -0.3 is 5.11 Å². The number of rotatable bonds is 8. The SMILES string of the molecule is CCCCc1cn(C2CCCCCCC2O)c(=O)n1Cc1ccc(-c2ccccc2-c2nnn[nH]2)cn1. The number of aryl methyl sites for hydroxylation is 1. The number of aliphatic hydroxyl groups is 1. The fraction of sp³-hybridized carbons (Fsp3) is 0.464. The summed E-state index contributed by atoms with van der Waals surface area (Å²) < 4.78 is 3.65. The topological polar surface area (TPSA) is 115 Å². The van der Waals surface area contributed by atoms with Crippen LogP contribution in [-0.2, 0) is 13.0 Å². The molecule has 1 fully saturated rings. The first kappa shape index (κ1) is 25.1. The van der Waals surface area contributed by atoms with Crippen molar-refractivity contribution >= 4 is 0 Å². The molecule has 2 N–H and O–H groups in total. The molecule has 1 saturated carbocycles. The molecule has 0 radical (unpaired) electrons. The molecule has 4 aromatic rings. The number of H-pyrrole nitrogens is 1. The Morgan fingerprint density at radius 3 is 2.59 bits per heavy atom. The maximum atomic E-state index is 13.6. The van der Waals surface area contributed by atoms with E-state index in [1.54, 1.807) is 4.57 Å². The van der Waals surface area contributed by atoms with E-state index in [9.17, 15) is 9.90 Å². The Morgan fingerprint density at radius 1 is 1.05 bits per heavy atom. The lowest BCUT2D eigenvalue weighted by Gasteiger charge is -2.25. The zero-order chi connectivity index (χ0) is 25.6. The van der Waals surface area contributed by atoms with Gasteiger partial charge in [-0.1, -0.05) is 69.4 Å². The number of benzene rings is 1. The van der Waals surface area contributed by atoms with Gasteiger partial charge in [-0.05, 0) is 47.7 Å². The summed E-state index contributed by atoms with van der Waals surface area (Å²) in [7, 11) is 0. The third-order valence-corrected chi connectivity index (χ3v) is 7.41. The van der Waals surface area contributed by atoms with Crippen LogP contribution >= 0.6 is 0 Å². The Hall–Kier alpha value is -3.59. The van der Waals surface area contributed by atoms with Crippen LogP contribution < -0.4 is 5.69 Å². The summed E-state index contributed by atoms with van der Waals surface area (Å²) in [5, 5.41) is 25.1. The maximum Gasteiger partial charge on any atom is 0.329 e. The second kappa shape index (κ2) is 11.6. The molecule has 1 aliphatic rings. The predicted octanol–water partition coefficient (Wildman–Crippen LogP) is 4.54. The summed E-state index contributed by atoms with van der Waals surface area (Å²) in [6.45, 7) is 2.56. The third-order valence-electron chi connectivity index (χ3n) is 7.41. The molecule has 37 heavy (non-hydrogen) atoms. The van der Waals surface area contributed by atoms with Crippen molar-refractivity contribution in [3.63, 3.8) is 0 Å². The van der Waals surface area contributed by atoms with E-state index < -0.39 is 6.10 Å². The first-order valence-corrected chi connectivity index (χ1v) is 13.4. The molecule has 0 saturated heterocycles. The molecule has 1 aromatic carbocycles. The summed E-state index contributed by atoms with van der Waals surface area (Å²) >= 11 is 0. The molecule has 0 bridgehead atoms. The molecule has 3 aromatic heterocycles. The van der Waals surface area contributed by atoms with Crippen molar-refractivity contribution in [2.45, 2.75) is 83.4 Å². The minimum Gasteiger partial charge on any atom is -0.391 e. The van der Waals surface area contributed by atoms with Gasteiger partial charge in [0.1, 0.15) is 0 Å². The van der Waals surface area contributed by atoms with Gasteiger partial charge in [0, 0.05) is 29.2 Å². The summed E-state index contributed by atoms with van der Waals surface area (Å²) in [6.07, 6.45) is 12.2. The minimum absolute atomic E-state index is 0.0511. The van der Waals surface area contributed by atoms with Crippen LogP contribution in [0.3, 0.4) is 0 Å². The monoisotopic (exact) mass is 501 g/mol. The Bertz CT molecular complexity index is 1340. The third kappa shape index (κ3) is 5.56. The van der Waals surface area contributed by atoms with Crippen molar-refractivity contribution in [3.05, 3.63) is 70.7 Å². The standard InChI is InChI=1S/C28H35N7O2/c1-2-3-10-22-19-35(25-13-6-4-5-7-14-26(25)36)28(37)34(22)18-21-16-15-20(17-29-21)23-11-8-9-12-24(23)27-30-32-33-31-27/h8-9,11-12,15-17,19,25-26,36H,2-7,10,13-14,18H2,1H3,(H,30,31,32,33). The van der Waals surface area contributed by atoms with Gasteiger partial charge in [-0.2, -0.15) is 0 Å². The van der Waals surface area contributed by atoms with Gasteiger partial charge >= 0.3 is 5.69 Å². The van der Waals surface area contributed by atoms with Gasteiger partial charge in [-0.25, -0.2) is 9.89 Å². The van der Waals surface area contributed by atoms with Gasteiger partial charge in [0.2, 0.25) is 0 Å². The first-order valence-electron chi connectivity index (χ1n) is 13.4. The summed E-state index contributed by atoms with van der Waals surface area (Å²) in [5.74, 6) is 0.601. The normalized spacial score (nSPS) is 18.4. The number of hydrogen-bond donors (Lipinski definition) is 2. The van der Waals surface area contributed by atoms with Crippen molar-refractivity contribution in [1.29, 1.82) is 0 Å². The van der Waals surface area contributed by atoms with Gasteiger partial charge in [0.25, 0.3) is 0 Å². The quantitative estimate of drug-likeness (QED) is 0.366. The number of pyridine rings is 1. The lowest BCUT2D eigenvalue weighted by atomic mass is 9.94. The molecule has 9 heteroatoms.